The van der Waals surface area contributed by atoms with Crippen LogP contribution in [0.15, 0.2) is 48.5 Å². The number of amides is 2. The molecule has 2 fully saturated rings. The summed E-state index contributed by atoms with van der Waals surface area (Å²) < 4.78 is 25.4. The monoisotopic (exact) mass is 413 g/mol. The maximum Gasteiger partial charge on any atom is 0.255 e. The van der Waals surface area contributed by atoms with Gasteiger partial charge in [-0.25, -0.2) is 8.42 Å². The maximum absolute atomic E-state index is 12.5. The number of carbonyl (C=O) groups excluding carboxylic acids is 2. The van der Waals surface area contributed by atoms with Gasteiger partial charge in [-0.3, -0.25) is 13.9 Å². The second-order valence-electron chi connectivity index (χ2n) is 7.29. The molecule has 0 atom stereocenters. The van der Waals surface area contributed by atoms with Crippen LogP contribution in [0.4, 0.5) is 17.1 Å². The molecule has 29 heavy (non-hydrogen) atoms. The zero-order chi connectivity index (χ0) is 20.4. The molecule has 2 aliphatic heterocycles. The SMILES string of the molecule is O=C(Nc1ccc(N2CCCS2(=O)=O)cc1)c1ccc(N2CCCCC2=O)cc1. The van der Waals surface area contributed by atoms with Gasteiger partial charge < -0.3 is 10.2 Å². The second-order valence-corrected chi connectivity index (χ2v) is 9.30. The zero-order valence-corrected chi connectivity index (χ0v) is 16.8. The lowest BCUT2D eigenvalue weighted by Crippen LogP contribution is -2.35. The molecule has 0 saturated carbocycles. The summed E-state index contributed by atoms with van der Waals surface area (Å²) in [5.41, 5.74) is 2.49. The third-order valence-electron chi connectivity index (χ3n) is 5.28. The molecule has 0 aromatic heterocycles. The number of carbonyl (C=O) groups is 2. The predicted octanol–water partition coefficient (Wildman–Crippen LogP) is 3.00. The molecular weight excluding hydrogens is 390 g/mol. The minimum Gasteiger partial charge on any atom is -0.322 e. The van der Waals surface area contributed by atoms with Crippen LogP contribution in [0.2, 0.25) is 0 Å². The molecule has 1 N–H and O–H groups in total. The smallest absolute Gasteiger partial charge is 0.255 e. The molecular formula is C21H23N3O4S. The minimum absolute atomic E-state index is 0.119. The summed E-state index contributed by atoms with van der Waals surface area (Å²) in [6.07, 6.45) is 3.11. The minimum atomic E-state index is -3.22. The predicted molar refractivity (Wildman–Crippen MR) is 113 cm³/mol. The Morgan fingerprint density at radius 2 is 1.55 bits per heavy atom. The Balaban J connectivity index is 1.42. The molecule has 0 bridgehead atoms. The Morgan fingerprint density at radius 1 is 0.862 bits per heavy atom. The highest BCUT2D eigenvalue weighted by atomic mass is 32.2. The molecule has 0 aliphatic carbocycles. The van der Waals surface area contributed by atoms with Crippen molar-refractivity contribution in [3.05, 3.63) is 54.1 Å². The fourth-order valence-electron chi connectivity index (χ4n) is 3.72. The standard InChI is InChI=1S/C21H23N3O4S/c25-20-4-1-2-13-23(20)18-9-5-16(6-10-18)21(26)22-17-7-11-19(12-8-17)24-14-3-15-29(24,27)28/h5-12H,1-4,13-15H2,(H,22,26). The topological polar surface area (TPSA) is 86.8 Å². The molecule has 2 aromatic rings. The Morgan fingerprint density at radius 3 is 2.17 bits per heavy atom. The van der Waals surface area contributed by atoms with Crippen molar-refractivity contribution in [2.45, 2.75) is 25.7 Å². The molecule has 2 aromatic carbocycles. The van der Waals surface area contributed by atoms with Crippen LogP contribution in [0.1, 0.15) is 36.0 Å². The van der Waals surface area contributed by atoms with Crippen LogP contribution in [0, 0.1) is 0 Å². The van der Waals surface area contributed by atoms with Crippen molar-refractivity contribution >= 4 is 38.9 Å². The number of anilines is 3. The van der Waals surface area contributed by atoms with Crippen LogP contribution < -0.4 is 14.5 Å². The highest BCUT2D eigenvalue weighted by Gasteiger charge is 2.28. The van der Waals surface area contributed by atoms with Gasteiger partial charge in [-0.2, -0.15) is 0 Å². The lowest BCUT2D eigenvalue weighted by molar-refractivity contribution is -0.119. The fourth-order valence-corrected chi connectivity index (χ4v) is 5.28. The van der Waals surface area contributed by atoms with E-state index in [9.17, 15) is 18.0 Å². The number of benzene rings is 2. The van der Waals surface area contributed by atoms with Crippen LogP contribution in [-0.4, -0.2) is 39.1 Å². The Hall–Kier alpha value is -2.87. The first-order valence-electron chi connectivity index (χ1n) is 9.76. The van der Waals surface area contributed by atoms with Crippen molar-refractivity contribution in [1.82, 2.24) is 0 Å². The summed E-state index contributed by atoms with van der Waals surface area (Å²) in [7, 11) is -3.22. The summed E-state index contributed by atoms with van der Waals surface area (Å²) in [6, 6.07) is 13.8. The molecule has 0 spiro atoms. The van der Waals surface area contributed by atoms with E-state index >= 15 is 0 Å². The van der Waals surface area contributed by atoms with Gasteiger partial charge in [0.2, 0.25) is 15.9 Å². The number of nitrogens with zero attached hydrogens (tertiary/aromatic N) is 2. The Bertz CT molecular complexity index is 1020. The fraction of sp³-hybridized carbons (Fsp3) is 0.333. The Labute approximate surface area is 170 Å². The Kier molecular flexibility index (Phi) is 5.27. The summed E-state index contributed by atoms with van der Waals surface area (Å²) in [5, 5.41) is 2.82. The van der Waals surface area contributed by atoms with E-state index in [1.54, 1.807) is 53.4 Å². The molecule has 2 amide bonds. The first-order valence-corrected chi connectivity index (χ1v) is 11.4. The summed E-state index contributed by atoms with van der Waals surface area (Å²) in [6.45, 7) is 1.20. The van der Waals surface area contributed by atoms with Crippen LogP contribution in [0.25, 0.3) is 0 Å². The molecule has 7 nitrogen and oxygen atoms in total. The molecule has 8 heteroatoms. The van der Waals surface area contributed by atoms with Crippen molar-refractivity contribution in [1.29, 1.82) is 0 Å². The summed E-state index contributed by atoms with van der Waals surface area (Å²) in [5.74, 6) is 0.0291. The quantitative estimate of drug-likeness (QED) is 0.835. The molecule has 4 rings (SSSR count). The third-order valence-corrected chi connectivity index (χ3v) is 7.15. The molecule has 0 unspecified atom stereocenters. The number of sulfonamides is 1. The number of nitrogens with one attached hydrogen (secondary N) is 1. The third kappa shape index (κ3) is 4.12. The van der Waals surface area contributed by atoms with Crippen LogP contribution in [-0.2, 0) is 14.8 Å². The van der Waals surface area contributed by atoms with Gasteiger partial charge in [-0.1, -0.05) is 0 Å². The average Bonchev–Trinajstić information content (AvgIpc) is 3.08. The first kappa shape index (κ1) is 19.4. The number of rotatable bonds is 4. The number of hydrogen-bond donors (Lipinski definition) is 1. The van der Waals surface area contributed by atoms with Gasteiger partial charge in [-0.15, -0.1) is 0 Å². The molecule has 2 heterocycles. The van der Waals surface area contributed by atoms with Crippen LogP contribution >= 0.6 is 0 Å². The van der Waals surface area contributed by atoms with Gasteiger partial charge in [0.05, 0.1) is 11.4 Å². The van der Waals surface area contributed by atoms with E-state index in [0.29, 0.717) is 42.9 Å². The average molecular weight is 413 g/mol. The van der Waals surface area contributed by atoms with Gasteiger partial charge in [0.15, 0.2) is 0 Å². The maximum atomic E-state index is 12.5. The van der Waals surface area contributed by atoms with E-state index in [2.05, 4.69) is 5.32 Å². The van der Waals surface area contributed by atoms with E-state index < -0.39 is 10.0 Å². The van der Waals surface area contributed by atoms with E-state index in [-0.39, 0.29) is 17.6 Å². The van der Waals surface area contributed by atoms with Gasteiger partial charge in [0.1, 0.15) is 0 Å². The van der Waals surface area contributed by atoms with E-state index in [4.69, 9.17) is 0 Å². The number of piperidine rings is 1. The molecule has 2 aliphatic rings. The van der Waals surface area contributed by atoms with E-state index in [1.807, 2.05) is 0 Å². The van der Waals surface area contributed by atoms with E-state index in [1.165, 1.54) is 4.31 Å². The van der Waals surface area contributed by atoms with Gasteiger partial charge >= 0.3 is 0 Å². The van der Waals surface area contributed by atoms with Crippen molar-refractivity contribution in [3.8, 4) is 0 Å². The van der Waals surface area contributed by atoms with Crippen molar-refractivity contribution in [2.75, 3.05) is 33.4 Å². The van der Waals surface area contributed by atoms with Crippen molar-refractivity contribution in [2.24, 2.45) is 0 Å². The first-order chi connectivity index (χ1) is 13.9. The van der Waals surface area contributed by atoms with Crippen LogP contribution in [0.3, 0.4) is 0 Å². The van der Waals surface area contributed by atoms with Crippen LogP contribution in [0.5, 0.6) is 0 Å². The van der Waals surface area contributed by atoms with E-state index in [0.717, 1.165) is 18.5 Å². The highest BCUT2D eigenvalue weighted by molar-refractivity contribution is 7.93. The largest absolute Gasteiger partial charge is 0.322 e. The van der Waals surface area contributed by atoms with Crippen molar-refractivity contribution in [3.63, 3.8) is 0 Å². The summed E-state index contributed by atoms with van der Waals surface area (Å²) >= 11 is 0. The molecule has 2 saturated heterocycles. The second kappa shape index (κ2) is 7.87. The highest BCUT2D eigenvalue weighted by Crippen LogP contribution is 2.26. The van der Waals surface area contributed by atoms with Crippen molar-refractivity contribution < 1.29 is 18.0 Å². The van der Waals surface area contributed by atoms with Gasteiger partial charge in [0.25, 0.3) is 5.91 Å². The molecule has 0 radical (unpaired) electrons. The molecule has 152 valence electrons. The summed E-state index contributed by atoms with van der Waals surface area (Å²) in [4.78, 5) is 26.3. The van der Waals surface area contributed by atoms with Gasteiger partial charge in [0, 0.05) is 36.4 Å². The lowest BCUT2D eigenvalue weighted by Gasteiger charge is -2.26. The zero-order valence-electron chi connectivity index (χ0n) is 16.0. The number of hydrogen-bond acceptors (Lipinski definition) is 4. The van der Waals surface area contributed by atoms with Gasteiger partial charge in [-0.05, 0) is 67.8 Å². The lowest BCUT2D eigenvalue weighted by atomic mass is 10.1. The normalized spacial score (nSPS) is 18.7.